The van der Waals surface area contributed by atoms with E-state index in [0.717, 1.165) is 40.3 Å². The lowest BCUT2D eigenvalue weighted by molar-refractivity contribution is 0.102. The van der Waals surface area contributed by atoms with Crippen LogP contribution in [0.1, 0.15) is 35.7 Å². The zero-order valence-corrected chi connectivity index (χ0v) is 17.6. The van der Waals surface area contributed by atoms with Gasteiger partial charge in [-0.3, -0.25) is 14.3 Å². The van der Waals surface area contributed by atoms with Gasteiger partial charge in [-0.25, -0.2) is 0 Å². The molecule has 3 aromatic heterocycles. The van der Waals surface area contributed by atoms with Gasteiger partial charge < -0.3 is 4.57 Å². The summed E-state index contributed by atoms with van der Waals surface area (Å²) < 4.78 is 4.15. The number of fused-ring (bicyclic) bond motifs is 1. The van der Waals surface area contributed by atoms with Crippen LogP contribution in [0, 0.1) is 11.3 Å². The number of hydrogen-bond acceptors (Lipinski definition) is 6. The summed E-state index contributed by atoms with van der Waals surface area (Å²) in [4.78, 5) is 17.2. The van der Waals surface area contributed by atoms with Crippen molar-refractivity contribution in [3.63, 3.8) is 0 Å². The molecule has 0 amide bonds. The van der Waals surface area contributed by atoms with E-state index < -0.39 is 0 Å². The number of nitrogens with zero attached hydrogens (tertiary/aromatic N) is 6. The molecule has 5 rings (SSSR count). The number of para-hydroxylation sites is 1. The Morgan fingerprint density at radius 1 is 1.16 bits per heavy atom. The minimum atomic E-state index is 0.0488. The number of hydrogen-bond donors (Lipinski definition) is 0. The molecule has 4 aromatic rings. The third-order valence-corrected chi connectivity index (χ3v) is 6.34. The first kappa shape index (κ1) is 19.5. The van der Waals surface area contributed by atoms with Crippen LogP contribution in [0.15, 0.2) is 60.1 Å². The molecule has 0 bridgehead atoms. The second kappa shape index (κ2) is 8.36. The highest BCUT2D eigenvalue weighted by Crippen LogP contribution is 2.41. The van der Waals surface area contributed by atoms with Gasteiger partial charge in [0.1, 0.15) is 0 Å². The Labute approximate surface area is 183 Å². The summed E-state index contributed by atoms with van der Waals surface area (Å²) in [6, 6.07) is 14.3. The van der Waals surface area contributed by atoms with E-state index in [1.54, 1.807) is 12.4 Å². The van der Waals surface area contributed by atoms with Crippen LogP contribution in [0.2, 0.25) is 0 Å². The van der Waals surface area contributed by atoms with Crippen LogP contribution >= 0.6 is 11.8 Å². The predicted molar refractivity (Wildman–Crippen MR) is 119 cm³/mol. The maximum Gasteiger partial charge on any atom is 0.192 e. The molecule has 1 aromatic carbocycles. The third kappa shape index (κ3) is 3.84. The van der Waals surface area contributed by atoms with Crippen LogP contribution in [0.4, 0.5) is 0 Å². The Morgan fingerprint density at radius 3 is 2.74 bits per heavy atom. The number of carbonyl (C=O) groups excluding carboxylic acids is 1. The standard InChI is InChI=1S/C23H20N6OS/c24-10-3-13-28-14-19(18-4-1-2-5-20(18)28)21(30)15-31-23-27-26-22(29(23)17-6-7-17)16-8-11-25-12-9-16/h1-2,4-5,8-9,11-12,14,17H,3,6-7,13,15H2. The largest absolute Gasteiger partial charge is 0.346 e. The number of thioether (sulfide) groups is 1. The first-order valence-corrected chi connectivity index (χ1v) is 11.2. The minimum absolute atomic E-state index is 0.0488. The van der Waals surface area contributed by atoms with Crippen LogP contribution in [-0.4, -0.2) is 35.9 Å². The Kier molecular flexibility index (Phi) is 5.26. The monoisotopic (exact) mass is 428 g/mol. The first-order valence-electron chi connectivity index (χ1n) is 10.2. The van der Waals surface area contributed by atoms with Gasteiger partial charge in [-0.2, -0.15) is 5.26 Å². The van der Waals surface area contributed by atoms with Crippen LogP contribution in [0.25, 0.3) is 22.3 Å². The summed E-state index contributed by atoms with van der Waals surface area (Å²) in [5.41, 5.74) is 2.65. The van der Waals surface area contributed by atoms with E-state index in [1.165, 1.54) is 11.8 Å². The molecule has 1 saturated carbocycles. The maximum atomic E-state index is 13.1. The van der Waals surface area contributed by atoms with Crippen LogP contribution in [-0.2, 0) is 6.54 Å². The Hall–Kier alpha value is -3.44. The van der Waals surface area contributed by atoms with Crippen LogP contribution < -0.4 is 0 Å². The van der Waals surface area contributed by atoms with Gasteiger partial charge in [0.05, 0.1) is 18.2 Å². The average Bonchev–Trinajstić information content (AvgIpc) is 3.45. The quantitative estimate of drug-likeness (QED) is 0.303. The molecule has 0 saturated heterocycles. The van der Waals surface area contributed by atoms with E-state index in [-0.39, 0.29) is 11.5 Å². The van der Waals surface area contributed by atoms with Crippen molar-refractivity contribution in [3.05, 3.63) is 60.6 Å². The molecule has 0 aliphatic heterocycles. The summed E-state index contributed by atoms with van der Waals surface area (Å²) in [6.45, 7) is 0.572. The van der Waals surface area contributed by atoms with Crippen LogP contribution in [0.3, 0.4) is 0 Å². The van der Waals surface area contributed by atoms with E-state index >= 15 is 0 Å². The summed E-state index contributed by atoms with van der Waals surface area (Å²) >= 11 is 1.43. The Morgan fingerprint density at radius 2 is 1.97 bits per heavy atom. The van der Waals surface area contributed by atoms with E-state index in [0.29, 0.717) is 24.6 Å². The SMILES string of the molecule is N#CCCn1cc(C(=O)CSc2nnc(-c3ccncc3)n2C2CC2)c2ccccc21. The number of aromatic nitrogens is 5. The predicted octanol–water partition coefficient (Wildman–Crippen LogP) is 4.52. The van der Waals surface area contributed by atoms with Gasteiger partial charge >= 0.3 is 0 Å². The Balaban J connectivity index is 1.40. The van der Waals surface area contributed by atoms with Crippen molar-refractivity contribution in [1.29, 1.82) is 5.26 Å². The van der Waals surface area contributed by atoms with Gasteiger partial charge in [0.25, 0.3) is 0 Å². The molecule has 0 atom stereocenters. The first-order chi connectivity index (χ1) is 15.3. The van der Waals surface area contributed by atoms with E-state index in [1.807, 2.05) is 47.2 Å². The highest BCUT2D eigenvalue weighted by molar-refractivity contribution is 7.99. The second-order valence-electron chi connectivity index (χ2n) is 7.52. The highest BCUT2D eigenvalue weighted by Gasteiger charge is 2.30. The molecule has 31 heavy (non-hydrogen) atoms. The molecule has 0 N–H and O–H groups in total. The molecule has 0 unspecified atom stereocenters. The molecule has 1 aliphatic carbocycles. The zero-order valence-electron chi connectivity index (χ0n) is 16.8. The van der Waals surface area contributed by atoms with Gasteiger partial charge in [-0.15, -0.1) is 10.2 Å². The second-order valence-corrected chi connectivity index (χ2v) is 8.46. The Bertz CT molecular complexity index is 1280. The van der Waals surface area contributed by atoms with Crippen LogP contribution in [0.5, 0.6) is 0 Å². The fraction of sp³-hybridized carbons (Fsp3) is 0.261. The topological polar surface area (TPSA) is 89.4 Å². The van der Waals surface area contributed by atoms with Crippen molar-refractivity contribution < 1.29 is 4.79 Å². The van der Waals surface area contributed by atoms with Crippen molar-refractivity contribution in [1.82, 2.24) is 24.3 Å². The number of aryl methyl sites for hydroxylation is 1. The molecule has 0 radical (unpaired) electrons. The van der Waals surface area contributed by atoms with E-state index in [9.17, 15) is 4.79 Å². The molecule has 0 spiro atoms. The lowest BCUT2D eigenvalue weighted by Crippen LogP contribution is -2.05. The van der Waals surface area contributed by atoms with Crippen molar-refractivity contribution >= 4 is 28.4 Å². The average molecular weight is 429 g/mol. The lowest BCUT2D eigenvalue weighted by atomic mass is 10.1. The molecular weight excluding hydrogens is 408 g/mol. The van der Waals surface area contributed by atoms with Crippen molar-refractivity contribution in [2.75, 3.05) is 5.75 Å². The van der Waals surface area contributed by atoms with E-state index in [4.69, 9.17) is 5.26 Å². The van der Waals surface area contributed by atoms with Gasteiger partial charge in [-0.1, -0.05) is 30.0 Å². The lowest BCUT2D eigenvalue weighted by Gasteiger charge is -2.08. The number of carbonyl (C=O) groups is 1. The normalized spacial score (nSPS) is 13.4. The summed E-state index contributed by atoms with van der Waals surface area (Å²) in [5, 5.41) is 19.4. The molecule has 3 heterocycles. The summed E-state index contributed by atoms with van der Waals surface area (Å²) in [5.74, 6) is 1.16. The third-order valence-electron chi connectivity index (χ3n) is 5.40. The molecule has 1 fully saturated rings. The van der Waals surface area contributed by atoms with Gasteiger partial charge in [-0.05, 0) is 31.0 Å². The number of benzene rings is 1. The summed E-state index contributed by atoms with van der Waals surface area (Å²) in [6.07, 6.45) is 7.98. The molecule has 7 nitrogen and oxygen atoms in total. The van der Waals surface area contributed by atoms with Gasteiger partial charge in [0, 0.05) is 53.2 Å². The minimum Gasteiger partial charge on any atom is -0.346 e. The smallest absolute Gasteiger partial charge is 0.192 e. The molecule has 8 heteroatoms. The molecule has 1 aliphatic rings. The zero-order chi connectivity index (χ0) is 21.2. The number of Topliss-reactive ketones (excluding diaryl/α,β-unsaturated/α-hetero) is 1. The van der Waals surface area contributed by atoms with E-state index in [2.05, 4.69) is 25.8 Å². The van der Waals surface area contributed by atoms with Gasteiger partial charge in [0.15, 0.2) is 16.8 Å². The number of rotatable bonds is 8. The fourth-order valence-electron chi connectivity index (χ4n) is 3.77. The highest BCUT2D eigenvalue weighted by atomic mass is 32.2. The van der Waals surface area contributed by atoms with Crippen molar-refractivity contribution in [2.24, 2.45) is 0 Å². The maximum absolute atomic E-state index is 13.1. The number of ketones is 1. The fourth-order valence-corrected chi connectivity index (χ4v) is 4.66. The van der Waals surface area contributed by atoms with Gasteiger partial charge in [0.2, 0.25) is 0 Å². The number of nitriles is 1. The van der Waals surface area contributed by atoms with Crippen molar-refractivity contribution in [3.8, 4) is 17.5 Å². The molecular formula is C23H20N6OS. The van der Waals surface area contributed by atoms with Crippen molar-refractivity contribution in [2.45, 2.75) is 37.0 Å². The number of pyridine rings is 1. The summed E-state index contributed by atoms with van der Waals surface area (Å²) in [7, 11) is 0. The molecule has 154 valence electrons.